The standard InChI is InChI=1S/C14H14ClN3O/c1-9-3-2-4-10(5-9)7-18-14(19)11-6-13(15)17-8-12(11)16/h2-6,8H,7,16H2,1H3,(H,18,19). The van der Waals surface area contributed by atoms with Crippen molar-refractivity contribution in [3.63, 3.8) is 0 Å². The number of nitrogens with zero attached hydrogens (tertiary/aromatic N) is 1. The van der Waals surface area contributed by atoms with Crippen molar-refractivity contribution in [2.75, 3.05) is 5.73 Å². The Morgan fingerprint density at radius 1 is 1.42 bits per heavy atom. The maximum Gasteiger partial charge on any atom is 0.253 e. The minimum atomic E-state index is -0.261. The second-order valence-electron chi connectivity index (χ2n) is 4.27. The minimum Gasteiger partial charge on any atom is -0.397 e. The van der Waals surface area contributed by atoms with Crippen molar-refractivity contribution in [2.45, 2.75) is 13.5 Å². The first-order valence-corrected chi connectivity index (χ1v) is 6.19. The number of nitrogens with one attached hydrogen (secondary N) is 1. The molecule has 0 aliphatic carbocycles. The third-order valence-corrected chi connectivity index (χ3v) is 2.89. The van der Waals surface area contributed by atoms with Gasteiger partial charge in [-0.15, -0.1) is 0 Å². The average molecular weight is 276 g/mol. The van der Waals surface area contributed by atoms with Gasteiger partial charge in [0.15, 0.2) is 0 Å². The van der Waals surface area contributed by atoms with E-state index in [-0.39, 0.29) is 11.1 Å². The molecule has 1 aromatic heterocycles. The fraction of sp³-hybridized carbons (Fsp3) is 0.143. The van der Waals surface area contributed by atoms with Gasteiger partial charge in [0.1, 0.15) is 5.15 Å². The molecule has 3 N–H and O–H groups in total. The van der Waals surface area contributed by atoms with E-state index >= 15 is 0 Å². The number of amides is 1. The van der Waals surface area contributed by atoms with Crippen LogP contribution in [0.25, 0.3) is 0 Å². The highest BCUT2D eigenvalue weighted by Crippen LogP contribution is 2.15. The SMILES string of the molecule is Cc1cccc(CNC(=O)c2cc(Cl)ncc2N)c1. The maximum absolute atomic E-state index is 12.0. The van der Waals surface area contributed by atoms with Crippen LogP contribution in [0.4, 0.5) is 5.69 Å². The summed E-state index contributed by atoms with van der Waals surface area (Å²) in [4.78, 5) is 15.8. The number of rotatable bonds is 3. The van der Waals surface area contributed by atoms with Crippen molar-refractivity contribution in [1.82, 2.24) is 10.3 Å². The van der Waals surface area contributed by atoms with Gasteiger partial charge >= 0.3 is 0 Å². The van der Waals surface area contributed by atoms with Crippen molar-refractivity contribution < 1.29 is 4.79 Å². The van der Waals surface area contributed by atoms with Gasteiger partial charge in [-0.1, -0.05) is 41.4 Å². The van der Waals surface area contributed by atoms with E-state index in [1.807, 2.05) is 31.2 Å². The number of benzene rings is 1. The molecule has 4 nitrogen and oxygen atoms in total. The summed E-state index contributed by atoms with van der Waals surface area (Å²) in [6.45, 7) is 2.45. The number of hydrogen-bond acceptors (Lipinski definition) is 3. The summed E-state index contributed by atoms with van der Waals surface area (Å²) in [5, 5.41) is 3.05. The molecule has 0 bridgehead atoms. The molecule has 0 atom stereocenters. The van der Waals surface area contributed by atoms with Crippen molar-refractivity contribution in [3.05, 3.63) is 58.4 Å². The molecule has 0 aliphatic rings. The van der Waals surface area contributed by atoms with Crippen molar-refractivity contribution in [3.8, 4) is 0 Å². The number of halogens is 1. The minimum absolute atomic E-state index is 0.245. The van der Waals surface area contributed by atoms with Crippen LogP contribution < -0.4 is 11.1 Å². The summed E-state index contributed by atoms with van der Waals surface area (Å²) >= 11 is 5.75. The van der Waals surface area contributed by atoms with E-state index in [0.29, 0.717) is 17.8 Å². The number of aryl methyl sites for hydroxylation is 1. The molecule has 5 heteroatoms. The number of carbonyl (C=O) groups excluding carboxylic acids is 1. The summed E-state index contributed by atoms with van der Waals surface area (Å²) in [6.07, 6.45) is 1.38. The van der Waals surface area contributed by atoms with Gasteiger partial charge in [0.25, 0.3) is 5.91 Å². The number of anilines is 1. The van der Waals surface area contributed by atoms with E-state index in [4.69, 9.17) is 17.3 Å². The largest absolute Gasteiger partial charge is 0.397 e. The summed E-state index contributed by atoms with van der Waals surface area (Å²) in [5.41, 5.74) is 8.54. The molecule has 2 rings (SSSR count). The Labute approximate surface area is 116 Å². The lowest BCUT2D eigenvalue weighted by Gasteiger charge is -2.08. The number of pyridine rings is 1. The molecule has 1 heterocycles. The van der Waals surface area contributed by atoms with E-state index in [1.54, 1.807) is 0 Å². The lowest BCUT2D eigenvalue weighted by atomic mass is 10.1. The highest BCUT2D eigenvalue weighted by Gasteiger charge is 2.10. The molecule has 2 aromatic rings. The number of nitrogens with two attached hydrogens (primary N) is 1. The first-order chi connectivity index (χ1) is 9.06. The number of aromatic nitrogens is 1. The molecule has 0 fully saturated rings. The lowest BCUT2D eigenvalue weighted by Crippen LogP contribution is -2.24. The Morgan fingerprint density at radius 2 is 2.21 bits per heavy atom. The van der Waals surface area contributed by atoms with E-state index in [0.717, 1.165) is 11.1 Å². The molecule has 98 valence electrons. The number of hydrogen-bond donors (Lipinski definition) is 2. The smallest absolute Gasteiger partial charge is 0.253 e. The van der Waals surface area contributed by atoms with Gasteiger partial charge < -0.3 is 11.1 Å². The van der Waals surface area contributed by atoms with Crippen LogP contribution in [0.2, 0.25) is 5.15 Å². The molecule has 0 unspecified atom stereocenters. The molecule has 19 heavy (non-hydrogen) atoms. The monoisotopic (exact) mass is 275 g/mol. The highest BCUT2D eigenvalue weighted by atomic mass is 35.5. The Hall–Kier alpha value is -2.07. The molecule has 1 aromatic carbocycles. The molecule has 0 aliphatic heterocycles. The predicted molar refractivity (Wildman–Crippen MR) is 76.0 cm³/mol. The second kappa shape index (κ2) is 5.71. The van der Waals surface area contributed by atoms with Crippen LogP contribution >= 0.6 is 11.6 Å². The van der Waals surface area contributed by atoms with Crippen LogP contribution in [0, 0.1) is 6.92 Å². The number of carbonyl (C=O) groups is 1. The van der Waals surface area contributed by atoms with Gasteiger partial charge in [-0.2, -0.15) is 0 Å². The molecule has 0 saturated carbocycles. The van der Waals surface area contributed by atoms with E-state index < -0.39 is 0 Å². The van der Waals surface area contributed by atoms with Crippen LogP contribution in [-0.2, 0) is 6.54 Å². The average Bonchev–Trinajstić information content (AvgIpc) is 2.39. The molecule has 0 spiro atoms. The molecule has 0 radical (unpaired) electrons. The zero-order valence-electron chi connectivity index (χ0n) is 10.5. The number of nitrogen functional groups attached to an aromatic ring is 1. The molecular weight excluding hydrogens is 262 g/mol. The van der Waals surface area contributed by atoms with Crippen LogP contribution in [-0.4, -0.2) is 10.9 Å². The fourth-order valence-electron chi connectivity index (χ4n) is 1.74. The van der Waals surface area contributed by atoms with E-state index in [2.05, 4.69) is 10.3 Å². The van der Waals surface area contributed by atoms with Crippen molar-refractivity contribution in [1.29, 1.82) is 0 Å². The Morgan fingerprint density at radius 3 is 2.95 bits per heavy atom. The fourth-order valence-corrected chi connectivity index (χ4v) is 1.89. The van der Waals surface area contributed by atoms with Gasteiger partial charge in [-0.3, -0.25) is 4.79 Å². The quantitative estimate of drug-likeness (QED) is 0.846. The van der Waals surface area contributed by atoms with Crippen molar-refractivity contribution in [2.24, 2.45) is 0 Å². The second-order valence-corrected chi connectivity index (χ2v) is 4.65. The predicted octanol–water partition coefficient (Wildman–Crippen LogP) is 2.56. The highest BCUT2D eigenvalue weighted by molar-refractivity contribution is 6.29. The van der Waals surface area contributed by atoms with Gasteiger partial charge in [-0.25, -0.2) is 4.98 Å². The lowest BCUT2D eigenvalue weighted by molar-refractivity contribution is 0.0951. The Kier molecular flexibility index (Phi) is 4.02. The third-order valence-electron chi connectivity index (χ3n) is 2.68. The first-order valence-electron chi connectivity index (χ1n) is 5.81. The zero-order chi connectivity index (χ0) is 13.8. The summed E-state index contributed by atoms with van der Waals surface area (Å²) < 4.78 is 0. The zero-order valence-corrected chi connectivity index (χ0v) is 11.2. The molecule has 1 amide bonds. The van der Waals surface area contributed by atoms with Crippen LogP contribution in [0.1, 0.15) is 21.5 Å². The van der Waals surface area contributed by atoms with Crippen molar-refractivity contribution >= 4 is 23.2 Å². The van der Waals surface area contributed by atoms with Crippen LogP contribution in [0.3, 0.4) is 0 Å². The topological polar surface area (TPSA) is 68.0 Å². The van der Waals surface area contributed by atoms with Gasteiger partial charge in [0.2, 0.25) is 0 Å². The normalized spacial score (nSPS) is 10.2. The first kappa shape index (κ1) is 13.4. The molecule has 0 saturated heterocycles. The summed E-state index contributed by atoms with van der Waals surface area (Å²) in [6, 6.07) is 9.39. The van der Waals surface area contributed by atoms with Gasteiger partial charge in [0, 0.05) is 6.54 Å². The maximum atomic E-state index is 12.0. The van der Waals surface area contributed by atoms with Gasteiger partial charge in [0.05, 0.1) is 17.4 Å². The van der Waals surface area contributed by atoms with E-state index in [9.17, 15) is 4.79 Å². The van der Waals surface area contributed by atoms with Crippen LogP contribution in [0.15, 0.2) is 36.5 Å². The third kappa shape index (κ3) is 3.45. The Bertz CT molecular complexity index is 613. The molecular formula is C14H14ClN3O. The Balaban J connectivity index is 2.07. The summed E-state index contributed by atoms with van der Waals surface area (Å²) in [5.74, 6) is -0.261. The summed E-state index contributed by atoms with van der Waals surface area (Å²) in [7, 11) is 0. The van der Waals surface area contributed by atoms with E-state index in [1.165, 1.54) is 12.3 Å². The van der Waals surface area contributed by atoms with Gasteiger partial charge in [-0.05, 0) is 18.6 Å². The van der Waals surface area contributed by atoms with Crippen LogP contribution in [0.5, 0.6) is 0 Å².